The van der Waals surface area contributed by atoms with Crippen molar-refractivity contribution in [1.82, 2.24) is 19.5 Å². The van der Waals surface area contributed by atoms with Crippen LogP contribution in [0.5, 0.6) is 0 Å². The maximum atomic E-state index is 13.6. The smallest absolute Gasteiger partial charge is 0.456 e. The molecule has 46 heavy (non-hydrogen) atoms. The molecule has 4 rings (SSSR count). The topological polar surface area (TPSA) is 265 Å². The number of ether oxygens (including phenoxy) is 2. The van der Waals surface area contributed by atoms with Crippen LogP contribution in [0.4, 0.5) is 5.82 Å². The molecule has 2 aromatic heterocycles. The van der Waals surface area contributed by atoms with Crippen LogP contribution < -0.4 is 5.73 Å². The highest BCUT2D eigenvalue weighted by molar-refractivity contribution is 8.77. The van der Waals surface area contributed by atoms with E-state index in [1.165, 1.54) is 17.2 Å². The molecule has 0 amide bonds. The van der Waals surface area contributed by atoms with Gasteiger partial charge in [0.1, 0.15) is 30.3 Å². The third-order valence-electron chi connectivity index (χ3n) is 6.02. The molecule has 3 aromatic rings. The highest BCUT2D eigenvalue weighted by Crippen LogP contribution is 2.66. The molecule has 3 unspecified atom stereocenters. The van der Waals surface area contributed by atoms with Gasteiger partial charge in [-0.25, -0.2) is 33.4 Å². The normalized spacial score (nSPS) is 22.3. The van der Waals surface area contributed by atoms with Gasteiger partial charge in [0.25, 0.3) is 0 Å². The zero-order valence-corrected chi connectivity index (χ0v) is 29.0. The Bertz CT molecular complexity index is 1720. The predicted molar refractivity (Wildman–Crippen MR) is 167 cm³/mol. The molecular formula is C23H32N5O13P3S2. The monoisotopic (exact) mass is 743 g/mol. The maximum absolute atomic E-state index is 13.6. The minimum absolute atomic E-state index is 0.0299. The largest absolute Gasteiger partial charge is 0.490 e. The van der Waals surface area contributed by atoms with Crippen LogP contribution in [-0.2, 0) is 36.3 Å². The first-order chi connectivity index (χ1) is 21.2. The average molecular weight is 744 g/mol. The molecule has 1 saturated heterocycles. The summed E-state index contributed by atoms with van der Waals surface area (Å²) in [7, 11) is -13.6. The highest BCUT2D eigenvalue weighted by Gasteiger charge is 2.44. The number of rotatable bonds is 13. The summed E-state index contributed by atoms with van der Waals surface area (Å²) in [6.07, 6.45) is -0.765. The van der Waals surface area contributed by atoms with E-state index in [4.69, 9.17) is 29.5 Å². The Labute approximate surface area is 270 Å². The first kappa shape index (κ1) is 36.9. The van der Waals surface area contributed by atoms with Crippen molar-refractivity contribution in [3.05, 3.63) is 48.0 Å². The number of phosphoric acid groups is 3. The van der Waals surface area contributed by atoms with Crippen LogP contribution in [0, 0.1) is 0 Å². The van der Waals surface area contributed by atoms with Gasteiger partial charge in [-0.1, -0.05) is 60.6 Å². The van der Waals surface area contributed by atoms with Crippen LogP contribution in [0.15, 0.2) is 36.9 Å². The van der Waals surface area contributed by atoms with Crippen LogP contribution in [-0.4, -0.2) is 68.6 Å². The van der Waals surface area contributed by atoms with Gasteiger partial charge in [0.2, 0.25) is 0 Å². The molecule has 18 nitrogen and oxygen atoms in total. The Hall–Kier alpha value is -1.89. The summed E-state index contributed by atoms with van der Waals surface area (Å²) < 4.78 is 60.8. The number of imidazole rings is 1. The van der Waals surface area contributed by atoms with Crippen LogP contribution in [0.1, 0.15) is 61.5 Å². The zero-order chi connectivity index (χ0) is 34.1. The first-order valence-corrected chi connectivity index (χ1v) is 20.0. The number of hydrogen-bond donors (Lipinski definition) is 5. The molecule has 0 saturated carbocycles. The molecule has 6 atom stereocenters. The standard InChI is InChI=1S/C23H32N5O13P3S2/c1-13(45-46-23(2,3)4)14-7-5-6-8-15(14)22(29)39-16-9-18(28-12-27-19-20(24)25-11-26-21(19)28)38-17(16)10-37-43(33,34)41-44(35,36)40-42(30,31)32/h5-8,11-13,16-18H,9-10H2,1-4H3,(H,33,34)(H,35,36)(H2,24,25,26)(H2,30,31,32)/t13?,16-,17-,18-/m1/s1. The molecule has 1 fully saturated rings. The molecule has 254 valence electrons. The van der Waals surface area contributed by atoms with Crippen LogP contribution >= 0.6 is 45.1 Å². The van der Waals surface area contributed by atoms with Crippen LogP contribution in [0.25, 0.3) is 11.2 Å². The van der Waals surface area contributed by atoms with E-state index in [1.807, 2.05) is 6.92 Å². The predicted octanol–water partition coefficient (Wildman–Crippen LogP) is 4.51. The van der Waals surface area contributed by atoms with Crippen molar-refractivity contribution < 1.29 is 60.7 Å². The molecule has 0 spiro atoms. The van der Waals surface area contributed by atoms with Crippen molar-refractivity contribution in [2.24, 2.45) is 0 Å². The summed E-state index contributed by atoms with van der Waals surface area (Å²) in [6, 6.07) is 6.88. The second-order valence-electron chi connectivity index (χ2n) is 10.8. The molecular weight excluding hydrogens is 711 g/mol. The third kappa shape index (κ3) is 10.1. The number of nitrogens with two attached hydrogens (primary N) is 1. The summed E-state index contributed by atoms with van der Waals surface area (Å²) in [5.41, 5.74) is 7.42. The van der Waals surface area contributed by atoms with Gasteiger partial charge >= 0.3 is 29.4 Å². The summed E-state index contributed by atoms with van der Waals surface area (Å²) in [5.74, 6) is -0.620. The molecule has 23 heteroatoms. The molecule has 0 aliphatic carbocycles. The molecule has 1 aliphatic rings. The summed E-state index contributed by atoms with van der Waals surface area (Å²) in [5, 5.41) is -0.107. The molecule has 6 N–H and O–H groups in total. The number of hydrogen-bond acceptors (Lipinski definition) is 15. The second kappa shape index (κ2) is 14.3. The van der Waals surface area contributed by atoms with Crippen molar-refractivity contribution >= 4 is 68.0 Å². The second-order valence-corrected chi connectivity index (χ2v) is 18.6. The molecule has 3 heterocycles. The van der Waals surface area contributed by atoms with E-state index in [0.29, 0.717) is 5.56 Å². The lowest BCUT2D eigenvalue weighted by Crippen LogP contribution is -2.31. The number of nitrogens with zero attached hydrogens (tertiary/aromatic N) is 4. The Kier molecular flexibility index (Phi) is 11.5. The lowest BCUT2D eigenvalue weighted by Gasteiger charge is -2.23. The third-order valence-corrected chi connectivity index (χ3v) is 13.6. The number of nitrogen functional groups attached to an aromatic ring is 1. The summed E-state index contributed by atoms with van der Waals surface area (Å²) in [6.45, 7) is 7.31. The quantitative estimate of drug-likeness (QED) is 0.0916. The van der Waals surface area contributed by atoms with Gasteiger partial charge in [0, 0.05) is 16.4 Å². The minimum atomic E-state index is -5.76. The highest BCUT2D eigenvalue weighted by atomic mass is 33.1. The number of carbonyl (C=O) groups is 1. The van der Waals surface area contributed by atoms with Gasteiger partial charge in [-0.05, 0) is 18.6 Å². The van der Waals surface area contributed by atoms with Gasteiger partial charge < -0.3 is 34.8 Å². The van der Waals surface area contributed by atoms with Gasteiger partial charge in [0.05, 0.1) is 18.5 Å². The molecule has 0 radical (unpaired) electrons. The molecule has 1 aliphatic heterocycles. The number of esters is 1. The van der Waals surface area contributed by atoms with E-state index in [1.54, 1.807) is 45.9 Å². The van der Waals surface area contributed by atoms with Crippen molar-refractivity contribution in [2.45, 2.75) is 62.5 Å². The fourth-order valence-electron chi connectivity index (χ4n) is 4.20. The zero-order valence-electron chi connectivity index (χ0n) is 24.7. The average Bonchev–Trinajstić information content (AvgIpc) is 3.53. The first-order valence-electron chi connectivity index (χ1n) is 13.2. The van der Waals surface area contributed by atoms with E-state index in [2.05, 4.69) is 44.3 Å². The van der Waals surface area contributed by atoms with Gasteiger partial charge in [0.15, 0.2) is 11.5 Å². The van der Waals surface area contributed by atoms with Gasteiger partial charge in [-0.3, -0.25) is 9.09 Å². The van der Waals surface area contributed by atoms with E-state index >= 15 is 0 Å². The van der Waals surface area contributed by atoms with Gasteiger partial charge in [-0.15, -0.1) is 0 Å². The summed E-state index contributed by atoms with van der Waals surface area (Å²) >= 11 is 0. The number of aromatic nitrogens is 4. The maximum Gasteiger partial charge on any atom is 0.490 e. The summed E-state index contributed by atoms with van der Waals surface area (Å²) in [4.78, 5) is 62.8. The minimum Gasteiger partial charge on any atom is -0.456 e. The van der Waals surface area contributed by atoms with E-state index in [-0.39, 0.29) is 39.0 Å². The fraction of sp³-hybridized carbons (Fsp3) is 0.478. The number of carbonyl (C=O) groups excluding carboxylic acids is 1. The lowest BCUT2D eigenvalue weighted by molar-refractivity contribution is -0.0490. The Morgan fingerprint density at radius 1 is 1.11 bits per heavy atom. The van der Waals surface area contributed by atoms with Crippen molar-refractivity contribution in [3.8, 4) is 0 Å². The van der Waals surface area contributed by atoms with Gasteiger partial charge in [-0.2, -0.15) is 8.62 Å². The number of anilines is 1. The van der Waals surface area contributed by atoms with E-state index in [0.717, 1.165) is 0 Å². The van der Waals surface area contributed by atoms with E-state index in [9.17, 15) is 28.3 Å². The molecule has 0 bridgehead atoms. The SMILES string of the molecule is CC(SSC(C)(C)C)c1ccccc1C(=O)O[C@@H]1C[C@H](n2cnc3c(N)ncnc32)O[C@@H]1COP(=O)(O)OP(=O)(O)OP(=O)(O)O. The number of benzene rings is 1. The molecule has 1 aromatic carbocycles. The van der Waals surface area contributed by atoms with Crippen LogP contribution in [0.2, 0.25) is 0 Å². The number of phosphoric ester groups is 1. The lowest BCUT2D eigenvalue weighted by atomic mass is 10.0. The fourth-order valence-corrected chi connectivity index (χ4v) is 9.59. The van der Waals surface area contributed by atoms with E-state index < -0.39 is 54.5 Å². The van der Waals surface area contributed by atoms with Crippen molar-refractivity contribution in [1.29, 1.82) is 0 Å². The Morgan fingerprint density at radius 2 is 1.80 bits per heavy atom. The Balaban J connectivity index is 1.57. The number of fused-ring (bicyclic) bond motifs is 1. The van der Waals surface area contributed by atoms with Crippen molar-refractivity contribution in [3.63, 3.8) is 0 Å². The van der Waals surface area contributed by atoms with Crippen molar-refractivity contribution in [2.75, 3.05) is 12.3 Å². The van der Waals surface area contributed by atoms with Crippen LogP contribution in [0.3, 0.4) is 0 Å². The Morgan fingerprint density at radius 3 is 2.48 bits per heavy atom.